The van der Waals surface area contributed by atoms with Crippen LogP contribution in [0.2, 0.25) is 5.02 Å². The Morgan fingerprint density at radius 2 is 2.06 bits per heavy atom. The van der Waals surface area contributed by atoms with Crippen LogP contribution in [-0.4, -0.2) is 13.2 Å². The van der Waals surface area contributed by atoms with Gasteiger partial charge in [0.05, 0.1) is 5.02 Å². The van der Waals surface area contributed by atoms with Crippen LogP contribution < -0.4 is 5.73 Å². The number of hydrogen-bond acceptors (Lipinski definition) is 2. The highest BCUT2D eigenvalue weighted by Gasteiger charge is 2.22. The van der Waals surface area contributed by atoms with Gasteiger partial charge in [-0.25, -0.2) is 0 Å². The number of rotatable bonds is 2. The first-order valence-electron chi connectivity index (χ1n) is 5.47. The molecule has 0 amide bonds. The molecule has 1 aromatic carbocycles. The van der Waals surface area contributed by atoms with E-state index in [1.54, 1.807) is 0 Å². The quantitative estimate of drug-likeness (QED) is 0.907. The van der Waals surface area contributed by atoms with Gasteiger partial charge in [0, 0.05) is 23.7 Å². The van der Waals surface area contributed by atoms with Gasteiger partial charge in [0.1, 0.15) is 0 Å². The first kappa shape index (κ1) is 12.4. The van der Waals surface area contributed by atoms with Gasteiger partial charge in [0.15, 0.2) is 0 Å². The number of hydrogen-bond donors (Lipinski definition) is 1. The molecule has 0 bridgehead atoms. The Labute approximate surface area is 109 Å². The molecule has 2 rings (SSSR count). The van der Waals surface area contributed by atoms with Crippen molar-refractivity contribution in [1.29, 1.82) is 0 Å². The van der Waals surface area contributed by atoms with Crippen LogP contribution in [0.4, 0.5) is 0 Å². The van der Waals surface area contributed by atoms with Crippen molar-refractivity contribution in [3.63, 3.8) is 0 Å². The number of benzene rings is 1. The van der Waals surface area contributed by atoms with E-state index >= 15 is 0 Å². The highest BCUT2D eigenvalue weighted by molar-refractivity contribution is 9.10. The molecule has 0 saturated carbocycles. The maximum absolute atomic E-state index is 6.27. The Morgan fingerprint density at radius 3 is 2.69 bits per heavy atom. The van der Waals surface area contributed by atoms with Crippen molar-refractivity contribution in [2.75, 3.05) is 13.2 Å². The van der Waals surface area contributed by atoms with Crippen LogP contribution in [0.25, 0.3) is 0 Å². The topological polar surface area (TPSA) is 35.2 Å². The predicted octanol–water partition coefficient (Wildman–Crippen LogP) is 3.53. The molecule has 0 unspecified atom stereocenters. The monoisotopic (exact) mass is 303 g/mol. The lowest BCUT2D eigenvalue weighted by molar-refractivity contribution is 0.0584. The average Bonchev–Trinajstić information content (AvgIpc) is 2.33. The van der Waals surface area contributed by atoms with E-state index in [0.29, 0.717) is 5.92 Å². The van der Waals surface area contributed by atoms with Crippen LogP contribution in [0.5, 0.6) is 0 Å². The Bertz CT molecular complexity index is 366. The fraction of sp³-hybridized carbons (Fsp3) is 0.500. The zero-order valence-electron chi connectivity index (χ0n) is 8.96. The molecule has 1 aliphatic heterocycles. The lowest BCUT2D eigenvalue weighted by atomic mass is 9.88. The summed E-state index contributed by atoms with van der Waals surface area (Å²) in [4.78, 5) is 0. The van der Waals surface area contributed by atoms with Crippen molar-refractivity contribution in [2.24, 2.45) is 11.7 Å². The number of halogens is 2. The molecule has 0 spiro atoms. The van der Waals surface area contributed by atoms with E-state index in [-0.39, 0.29) is 6.04 Å². The fourth-order valence-electron chi connectivity index (χ4n) is 2.07. The molecule has 16 heavy (non-hydrogen) atoms. The Morgan fingerprint density at radius 1 is 1.38 bits per heavy atom. The summed E-state index contributed by atoms with van der Waals surface area (Å²) in [6.07, 6.45) is 2.09. The van der Waals surface area contributed by atoms with E-state index in [9.17, 15) is 0 Å². The third kappa shape index (κ3) is 2.77. The SMILES string of the molecule is N[C@@H](c1ccc(Cl)c(Br)c1)C1CCOCC1. The fourth-order valence-corrected chi connectivity index (χ4v) is 2.58. The molecule has 2 N–H and O–H groups in total. The Hall–Kier alpha value is -0.0900. The van der Waals surface area contributed by atoms with Gasteiger partial charge < -0.3 is 10.5 Å². The van der Waals surface area contributed by atoms with E-state index < -0.39 is 0 Å². The van der Waals surface area contributed by atoms with E-state index in [1.807, 2.05) is 18.2 Å². The van der Waals surface area contributed by atoms with Crippen LogP contribution in [0, 0.1) is 5.92 Å². The molecule has 1 atom stereocenters. The van der Waals surface area contributed by atoms with E-state index in [0.717, 1.165) is 41.1 Å². The average molecular weight is 305 g/mol. The standard InChI is InChI=1S/C12H15BrClNO/c13-10-7-9(1-2-11(10)14)12(15)8-3-5-16-6-4-8/h1-2,7-8,12H,3-6,15H2/t12-/m1/s1. The van der Waals surface area contributed by atoms with E-state index in [4.69, 9.17) is 22.1 Å². The minimum absolute atomic E-state index is 0.0810. The van der Waals surface area contributed by atoms with Crippen molar-refractivity contribution in [3.05, 3.63) is 33.3 Å². The Balaban J connectivity index is 2.12. The molecule has 0 aromatic heterocycles. The van der Waals surface area contributed by atoms with Gasteiger partial charge in [-0.15, -0.1) is 0 Å². The summed E-state index contributed by atoms with van der Waals surface area (Å²) >= 11 is 9.39. The molecule has 1 fully saturated rings. The highest BCUT2D eigenvalue weighted by atomic mass is 79.9. The second-order valence-electron chi connectivity index (χ2n) is 4.15. The molecule has 4 heteroatoms. The largest absolute Gasteiger partial charge is 0.381 e. The van der Waals surface area contributed by atoms with Crippen molar-refractivity contribution >= 4 is 27.5 Å². The lowest BCUT2D eigenvalue weighted by Gasteiger charge is -2.28. The molecule has 0 aliphatic carbocycles. The first-order valence-corrected chi connectivity index (χ1v) is 6.64. The molecule has 2 nitrogen and oxygen atoms in total. The normalized spacial score (nSPS) is 19.7. The van der Waals surface area contributed by atoms with Crippen LogP contribution in [0.15, 0.2) is 22.7 Å². The van der Waals surface area contributed by atoms with Gasteiger partial charge in [-0.05, 0) is 52.4 Å². The first-order chi connectivity index (χ1) is 7.68. The minimum atomic E-state index is 0.0810. The summed E-state index contributed by atoms with van der Waals surface area (Å²) in [5.74, 6) is 0.516. The summed E-state index contributed by atoms with van der Waals surface area (Å²) in [6, 6.07) is 5.99. The summed E-state index contributed by atoms with van der Waals surface area (Å²) in [6.45, 7) is 1.65. The van der Waals surface area contributed by atoms with Crippen LogP contribution in [-0.2, 0) is 4.74 Å². The molecule has 1 heterocycles. The molecule has 1 aromatic rings. The van der Waals surface area contributed by atoms with Crippen molar-refractivity contribution in [2.45, 2.75) is 18.9 Å². The molecule has 0 radical (unpaired) electrons. The van der Waals surface area contributed by atoms with Crippen LogP contribution in [0.3, 0.4) is 0 Å². The Kier molecular flexibility index (Phi) is 4.25. The second kappa shape index (κ2) is 5.50. The molecule has 1 aliphatic rings. The van der Waals surface area contributed by atoms with Crippen LogP contribution in [0.1, 0.15) is 24.4 Å². The zero-order chi connectivity index (χ0) is 11.5. The summed E-state index contributed by atoms with van der Waals surface area (Å²) < 4.78 is 6.25. The van der Waals surface area contributed by atoms with Crippen molar-refractivity contribution in [1.82, 2.24) is 0 Å². The van der Waals surface area contributed by atoms with Gasteiger partial charge in [-0.3, -0.25) is 0 Å². The molecular formula is C12H15BrClNO. The lowest BCUT2D eigenvalue weighted by Crippen LogP contribution is -2.27. The van der Waals surface area contributed by atoms with Gasteiger partial charge in [0.2, 0.25) is 0 Å². The van der Waals surface area contributed by atoms with Gasteiger partial charge >= 0.3 is 0 Å². The second-order valence-corrected chi connectivity index (χ2v) is 5.41. The van der Waals surface area contributed by atoms with Crippen molar-refractivity contribution < 1.29 is 4.74 Å². The third-order valence-electron chi connectivity index (χ3n) is 3.10. The molecular weight excluding hydrogens is 289 g/mol. The van der Waals surface area contributed by atoms with E-state index in [2.05, 4.69) is 15.9 Å². The third-order valence-corrected chi connectivity index (χ3v) is 4.32. The summed E-state index contributed by atoms with van der Waals surface area (Å²) in [5.41, 5.74) is 7.41. The molecule has 88 valence electrons. The number of nitrogens with two attached hydrogens (primary N) is 1. The van der Waals surface area contributed by atoms with Gasteiger partial charge in [-0.2, -0.15) is 0 Å². The zero-order valence-corrected chi connectivity index (χ0v) is 11.3. The summed E-state index contributed by atoms with van der Waals surface area (Å²) in [5, 5.41) is 0.725. The molecule has 1 saturated heterocycles. The number of ether oxygens (including phenoxy) is 1. The minimum Gasteiger partial charge on any atom is -0.381 e. The highest BCUT2D eigenvalue weighted by Crippen LogP contribution is 2.31. The van der Waals surface area contributed by atoms with Gasteiger partial charge in [0.25, 0.3) is 0 Å². The van der Waals surface area contributed by atoms with Crippen molar-refractivity contribution in [3.8, 4) is 0 Å². The smallest absolute Gasteiger partial charge is 0.0548 e. The predicted molar refractivity (Wildman–Crippen MR) is 69.6 cm³/mol. The van der Waals surface area contributed by atoms with E-state index in [1.165, 1.54) is 0 Å². The maximum Gasteiger partial charge on any atom is 0.0548 e. The maximum atomic E-state index is 6.27. The summed E-state index contributed by atoms with van der Waals surface area (Å²) in [7, 11) is 0. The van der Waals surface area contributed by atoms with Gasteiger partial charge in [-0.1, -0.05) is 17.7 Å². The van der Waals surface area contributed by atoms with Crippen LogP contribution >= 0.6 is 27.5 Å².